The molecule has 136 valence electrons. The van der Waals surface area contributed by atoms with Crippen LogP contribution in [0.4, 0.5) is 14.5 Å². The maximum atomic E-state index is 12.7. The first-order chi connectivity index (χ1) is 11.4. The molecule has 0 unspecified atom stereocenters. The van der Waals surface area contributed by atoms with Gasteiger partial charge in [0.25, 0.3) is 0 Å². The van der Waals surface area contributed by atoms with Crippen molar-refractivity contribution in [3.8, 4) is 5.75 Å². The third-order valence-electron chi connectivity index (χ3n) is 4.60. The molecule has 5 heteroatoms. The maximum Gasteiger partial charge on any atom is 0.387 e. The van der Waals surface area contributed by atoms with Crippen molar-refractivity contribution in [2.45, 2.75) is 46.6 Å². The molecule has 1 heterocycles. The molecule has 0 atom stereocenters. The van der Waals surface area contributed by atoms with E-state index in [0.29, 0.717) is 5.75 Å². The van der Waals surface area contributed by atoms with Crippen LogP contribution in [0.1, 0.15) is 45.6 Å². The topological polar surface area (TPSA) is 15.7 Å². The van der Waals surface area contributed by atoms with Gasteiger partial charge in [0.1, 0.15) is 5.75 Å². The highest BCUT2D eigenvalue weighted by atomic mass is 19.3. The third kappa shape index (κ3) is 5.33. The van der Waals surface area contributed by atoms with Crippen LogP contribution in [-0.2, 0) is 0 Å². The molecule has 0 radical (unpaired) electrons. The first-order valence-corrected chi connectivity index (χ1v) is 8.93. The summed E-state index contributed by atoms with van der Waals surface area (Å²) >= 11 is 0. The van der Waals surface area contributed by atoms with Gasteiger partial charge in [-0.3, -0.25) is 4.90 Å². The summed E-state index contributed by atoms with van der Waals surface area (Å²) in [5.74, 6) is 1.18. The maximum absolute atomic E-state index is 12.7. The van der Waals surface area contributed by atoms with Gasteiger partial charge in [-0.05, 0) is 36.4 Å². The highest BCUT2D eigenvalue weighted by molar-refractivity contribution is 5.55. The number of alkyl halides is 2. The average Bonchev–Trinajstić information content (AvgIpc) is 2.52. The molecule has 0 N–H and O–H groups in total. The van der Waals surface area contributed by atoms with Crippen molar-refractivity contribution in [3.63, 3.8) is 0 Å². The van der Waals surface area contributed by atoms with Crippen LogP contribution in [0.2, 0.25) is 0 Å². The molecule has 0 saturated carbocycles. The second-order valence-corrected chi connectivity index (χ2v) is 7.27. The molecule has 3 nitrogen and oxygen atoms in total. The molecule has 0 aromatic heterocycles. The Morgan fingerprint density at radius 3 is 2.25 bits per heavy atom. The van der Waals surface area contributed by atoms with Crippen molar-refractivity contribution in [1.82, 2.24) is 4.90 Å². The summed E-state index contributed by atoms with van der Waals surface area (Å²) in [7, 11) is 0. The van der Waals surface area contributed by atoms with Crippen LogP contribution in [-0.4, -0.2) is 44.2 Å². The van der Waals surface area contributed by atoms with Gasteiger partial charge in [-0.25, -0.2) is 0 Å². The van der Waals surface area contributed by atoms with Crippen molar-refractivity contribution in [1.29, 1.82) is 0 Å². The Balaban J connectivity index is 2.02. The fraction of sp³-hybridized carbons (Fsp3) is 0.684. The Hall–Kier alpha value is -1.36. The Labute approximate surface area is 144 Å². The highest BCUT2D eigenvalue weighted by Crippen LogP contribution is 2.32. The molecule has 0 aliphatic carbocycles. The zero-order valence-electron chi connectivity index (χ0n) is 15.3. The Morgan fingerprint density at radius 2 is 1.71 bits per heavy atom. The second-order valence-electron chi connectivity index (χ2n) is 7.27. The van der Waals surface area contributed by atoms with E-state index in [1.54, 1.807) is 6.07 Å². The smallest absolute Gasteiger partial charge is 0.387 e. The SMILES string of the molecule is CC(C)CCN1CCN(c2ccc(C(C)C)c(OC(F)F)c2)CC1. The Bertz CT molecular complexity index is 512. The van der Waals surface area contributed by atoms with Gasteiger partial charge in [0, 0.05) is 37.9 Å². The molecule has 0 spiro atoms. The van der Waals surface area contributed by atoms with Crippen LogP contribution in [0.25, 0.3) is 0 Å². The van der Waals surface area contributed by atoms with Crippen LogP contribution in [0.5, 0.6) is 5.75 Å². The van der Waals surface area contributed by atoms with Crippen LogP contribution in [0.15, 0.2) is 18.2 Å². The number of hydrogen-bond donors (Lipinski definition) is 0. The summed E-state index contributed by atoms with van der Waals surface area (Å²) in [6.07, 6.45) is 1.22. The van der Waals surface area contributed by atoms with E-state index in [2.05, 4.69) is 23.6 Å². The molecule has 1 aliphatic heterocycles. The van der Waals surface area contributed by atoms with E-state index in [1.807, 2.05) is 26.0 Å². The van der Waals surface area contributed by atoms with Crippen molar-refractivity contribution in [3.05, 3.63) is 23.8 Å². The summed E-state index contributed by atoms with van der Waals surface area (Å²) in [4.78, 5) is 4.74. The molecule has 1 aliphatic rings. The van der Waals surface area contributed by atoms with Crippen LogP contribution in [0, 0.1) is 5.92 Å². The number of nitrogens with zero attached hydrogens (tertiary/aromatic N) is 2. The lowest BCUT2D eigenvalue weighted by Crippen LogP contribution is -2.46. The molecule has 0 amide bonds. The van der Waals surface area contributed by atoms with E-state index in [1.165, 1.54) is 6.42 Å². The van der Waals surface area contributed by atoms with E-state index in [4.69, 9.17) is 4.74 Å². The first kappa shape index (κ1) is 19.0. The second kappa shape index (κ2) is 8.65. The lowest BCUT2D eigenvalue weighted by molar-refractivity contribution is -0.0505. The molecule has 0 bridgehead atoms. The van der Waals surface area contributed by atoms with Gasteiger partial charge in [0.15, 0.2) is 0 Å². The minimum absolute atomic E-state index is 0.153. The fourth-order valence-corrected chi connectivity index (χ4v) is 3.07. The normalized spacial score (nSPS) is 16.5. The molecule has 1 fully saturated rings. The third-order valence-corrected chi connectivity index (χ3v) is 4.60. The Kier molecular flexibility index (Phi) is 6.84. The van der Waals surface area contributed by atoms with Crippen LogP contribution < -0.4 is 9.64 Å². The number of ether oxygens (including phenoxy) is 1. The summed E-state index contributed by atoms with van der Waals surface area (Å²) in [5, 5.41) is 0. The molecule has 1 aromatic rings. The van der Waals surface area contributed by atoms with Crippen LogP contribution in [0.3, 0.4) is 0 Å². The monoisotopic (exact) mass is 340 g/mol. The first-order valence-electron chi connectivity index (χ1n) is 8.93. The van der Waals surface area contributed by atoms with Gasteiger partial charge in [0.2, 0.25) is 0 Å². The fourth-order valence-electron chi connectivity index (χ4n) is 3.07. The quantitative estimate of drug-likeness (QED) is 0.722. The van der Waals surface area contributed by atoms with Crippen LogP contribution >= 0.6 is 0 Å². The van der Waals surface area contributed by atoms with Gasteiger partial charge >= 0.3 is 6.61 Å². The highest BCUT2D eigenvalue weighted by Gasteiger charge is 2.20. The molecular weight excluding hydrogens is 310 g/mol. The predicted molar refractivity (Wildman–Crippen MR) is 95.3 cm³/mol. The van der Waals surface area contributed by atoms with E-state index in [9.17, 15) is 8.78 Å². The summed E-state index contributed by atoms with van der Waals surface area (Å²) in [5.41, 5.74) is 1.80. The minimum Gasteiger partial charge on any atom is -0.434 e. The van der Waals surface area contributed by atoms with Gasteiger partial charge in [-0.15, -0.1) is 0 Å². The van der Waals surface area contributed by atoms with Gasteiger partial charge in [-0.1, -0.05) is 33.8 Å². The van der Waals surface area contributed by atoms with E-state index >= 15 is 0 Å². The van der Waals surface area contributed by atoms with Crippen molar-refractivity contribution < 1.29 is 13.5 Å². The van der Waals surface area contributed by atoms with Crippen molar-refractivity contribution in [2.24, 2.45) is 5.92 Å². The summed E-state index contributed by atoms with van der Waals surface area (Å²) in [6.45, 7) is 10.7. The van der Waals surface area contributed by atoms with Gasteiger partial charge < -0.3 is 9.64 Å². The molecular formula is C19H30F2N2O. The van der Waals surface area contributed by atoms with E-state index in [-0.39, 0.29) is 5.92 Å². The Morgan fingerprint density at radius 1 is 1.04 bits per heavy atom. The number of benzene rings is 1. The summed E-state index contributed by atoms with van der Waals surface area (Å²) in [6, 6.07) is 5.71. The molecule has 1 aromatic carbocycles. The number of rotatable bonds is 7. The lowest BCUT2D eigenvalue weighted by Gasteiger charge is -2.36. The van der Waals surface area contributed by atoms with E-state index < -0.39 is 6.61 Å². The largest absolute Gasteiger partial charge is 0.434 e. The summed E-state index contributed by atoms with van der Waals surface area (Å²) < 4.78 is 30.1. The van der Waals surface area contributed by atoms with Crippen molar-refractivity contribution >= 4 is 5.69 Å². The minimum atomic E-state index is -2.79. The number of anilines is 1. The van der Waals surface area contributed by atoms with E-state index in [0.717, 1.165) is 49.9 Å². The predicted octanol–water partition coefficient (Wildman–Crippen LogP) is 4.58. The molecule has 1 saturated heterocycles. The average molecular weight is 340 g/mol. The zero-order chi connectivity index (χ0) is 17.7. The number of hydrogen-bond acceptors (Lipinski definition) is 3. The molecule has 24 heavy (non-hydrogen) atoms. The standard InChI is InChI=1S/C19H30F2N2O/c1-14(2)7-8-22-9-11-23(12-10-22)16-5-6-17(15(3)4)18(13-16)24-19(20)21/h5-6,13-15,19H,7-12H2,1-4H3. The number of halogens is 2. The van der Waals surface area contributed by atoms with Crippen molar-refractivity contribution in [2.75, 3.05) is 37.6 Å². The zero-order valence-corrected chi connectivity index (χ0v) is 15.3. The lowest BCUT2D eigenvalue weighted by atomic mass is 10.0. The van der Waals surface area contributed by atoms with Gasteiger partial charge in [0.05, 0.1) is 0 Å². The molecule has 2 rings (SSSR count). The number of piperazine rings is 1. The van der Waals surface area contributed by atoms with Gasteiger partial charge in [-0.2, -0.15) is 8.78 Å².